The first-order chi connectivity index (χ1) is 14.5. The summed E-state index contributed by atoms with van der Waals surface area (Å²) in [5.74, 6) is 7.04. The Morgan fingerprint density at radius 2 is 1.45 bits per heavy atom. The van der Waals surface area contributed by atoms with E-state index in [4.69, 9.17) is 0 Å². The molecule has 0 aromatic carbocycles. The van der Waals surface area contributed by atoms with Crippen LogP contribution in [0.1, 0.15) is 107 Å². The summed E-state index contributed by atoms with van der Waals surface area (Å²) in [5.41, 5.74) is 2.68. The Balaban J connectivity index is 1.60. The Bertz CT molecular complexity index is 676. The first-order valence-electron chi connectivity index (χ1n) is 13.9. The minimum atomic E-state index is -0.0538. The van der Waals surface area contributed by atoms with E-state index in [0.29, 0.717) is 22.7 Å². The first-order valence-corrected chi connectivity index (χ1v) is 13.9. The summed E-state index contributed by atoms with van der Waals surface area (Å²) in [7, 11) is 0. The predicted octanol–water partition coefficient (Wildman–Crippen LogP) is 8.13. The van der Waals surface area contributed by atoms with E-state index in [2.05, 4.69) is 61.5 Å². The molecule has 0 radical (unpaired) electrons. The number of hydrogen-bond acceptors (Lipinski definition) is 1. The Kier molecular flexibility index (Phi) is 6.53. The van der Waals surface area contributed by atoms with E-state index in [1.807, 2.05) is 0 Å². The van der Waals surface area contributed by atoms with Gasteiger partial charge in [-0.1, -0.05) is 60.1 Å². The van der Waals surface area contributed by atoms with E-state index in [1.165, 1.54) is 44.9 Å². The number of rotatable bonds is 4. The molecule has 0 aromatic heterocycles. The molecule has 1 nitrogen and oxygen atoms in total. The van der Waals surface area contributed by atoms with Crippen LogP contribution in [0.25, 0.3) is 0 Å². The normalized spacial score (nSPS) is 49.0. The lowest BCUT2D eigenvalue weighted by Gasteiger charge is -2.62. The third-order valence-electron chi connectivity index (χ3n) is 11.5. The van der Waals surface area contributed by atoms with Crippen molar-refractivity contribution in [3.05, 3.63) is 11.6 Å². The van der Waals surface area contributed by atoms with E-state index in [-0.39, 0.29) is 6.10 Å². The van der Waals surface area contributed by atoms with Gasteiger partial charge in [0.25, 0.3) is 0 Å². The molecule has 8 unspecified atom stereocenters. The Morgan fingerprint density at radius 3 is 2.10 bits per heavy atom. The van der Waals surface area contributed by atoms with Gasteiger partial charge in [-0.3, -0.25) is 0 Å². The highest BCUT2D eigenvalue weighted by Crippen LogP contribution is 2.69. The molecule has 4 aliphatic carbocycles. The van der Waals surface area contributed by atoms with Crippen LogP contribution < -0.4 is 0 Å². The Morgan fingerprint density at radius 1 is 0.839 bits per heavy atom. The number of aliphatic hydroxyl groups is 1. The average Bonchev–Trinajstić information content (AvgIpc) is 3.01. The van der Waals surface area contributed by atoms with Crippen LogP contribution in [-0.2, 0) is 0 Å². The van der Waals surface area contributed by atoms with Gasteiger partial charge in [0.05, 0.1) is 6.10 Å². The molecule has 0 aliphatic heterocycles. The van der Waals surface area contributed by atoms with Crippen molar-refractivity contribution >= 4 is 0 Å². The zero-order valence-electron chi connectivity index (χ0n) is 22.0. The van der Waals surface area contributed by atoms with E-state index in [9.17, 15) is 5.11 Å². The third-order valence-corrected chi connectivity index (χ3v) is 11.5. The van der Waals surface area contributed by atoms with E-state index < -0.39 is 0 Å². The molecule has 4 saturated carbocycles. The topological polar surface area (TPSA) is 20.2 Å². The zero-order valence-corrected chi connectivity index (χ0v) is 22.0. The quantitative estimate of drug-likeness (QED) is 0.448. The molecule has 0 amide bonds. The number of aliphatic hydroxyl groups excluding tert-OH is 1. The number of hydrogen-bond donors (Lipinski definition) is 1. The van der Waals surface area contributed by atoms with Crippen molar-refractivity contribution < 1.29 is 5.11 Å². The minimum absolute atomic E-state index is 0.0538. The van der Waals surface area contributed by atoms with Gasteiger partial charge in [-0.05, 0) is 122 Å². The molecule has 4 aliphatic rings. The summed E-state index contributed by atoms with van der Waals surface area (Å²) >= 11 is 0. The van der Waals surface area contributed by atoms with E-state index in [0.717, 1.165) is 47.8 Å². The van der Waals surface area contributed by atoms with Crippen LogP contribution in [0.2, 0.25) is 0 Å². The van der Waals surface area contributed by atoms with Gasteiger partial charge < -0.3 is 5.11 Å². The van der Waals surface area contributed by atoms with Gasteiger partial charge in [-0.15, -0.1) is 0 Å². The first kappa shape index (κ1) is 23.8. The van der Waals surface area contributed by atoms with Crippen LogP contribution in [0.5, 0.6) is 0 Å². The maximum Gasteiger partial charge on any atom is 0.0568 e. The molecule has 0 spiro atoms. The van der Waals surface area contributed by atoms with Crippen LogP contribution in [0.4, 0.5) is 0 Å². The third kappa shape index (κ3) is 3.77. The largest absolute Gasteiger partial charge is 0.393 e. The monoisotopic (exact) mass is 428 g/mol. The summed E-state index contributed by atoms with van der Waals surface area (Å²) in [4.78, 5) is 0. The second kappa shape index (κ2) is 8.48. The van der Waals surface area contributed by atoms with Crippen molar-refractivity contribution in [3.63, 3.8) is 0 Å². The van der Waals surface area contributed by atoms with Crippen LogP contribution in [0.3, 0.4) is 0 Å². The molecule has 31 heavy (non-hydrogen) atoms. The van der Waals surface area contributed by atoms with Crippen molar-refractivity contribution in [3.8, 4) is 0 Å². The highest BCUT2D eigenvalue weighted by molar-refractivity contribution is 5.16. The van der Waals surface area contributed by atoms with Gasteiger partial charge in [0.15, 0.2) is 0 Å². The highest BCUT2D eigenvalue weighted by atomic mass is 16.3. The Hall–Kier alpha value is -0.300. The van der Waals surface area contributed by atoms with Crippen LogP contribution in [-0.4, -0.2) is 11.2 Å². The van der Waals surface area contributed by atoms with Crippen LogP contribution >= 0.6 is 0 Å². The molecule has 178 valence electrons. The average molecular weight is 429 g/mol. The highest BCUT2D eigenvalue weighted by Gasteiger charge is 2.62. The van der Waals surface area contributed by atoms with Gasteiger partial charge in [-0.2, -0.15) is 0 Å². The van der Waals surface area contributed by atoms with Crippen molar-refractivity contribution in [1.29, 1.82) is 0 Å². The zero-order chi connectivity index (χ0) is 22.7. The van der Waals surface area contributed by atoms with Gasteiger partial charge in [0.1, 0.15) is 0 Å². The summed E-state index contributed by atoms with van der Waals surface area (Å²) in [6.07, 6.45) is 13.4. The maximum absolute atomic E-state index is 10.6. The molecule has 4 fully saturated rings. The molecule has 0 aromatic rings. The summed E-state index contributed by atoms with van der Waals surface area (Å²) in [5, 5.41) is 10.6. The van der Waals surface area contributed by atoms with Crippen molar-refractivity contribution in [2.24, 2.45) is 64.1 Å². The van der Waals surface area contributed by atoms with Crippen LogP contribution in [0.15, 0.2) is 11.6 Å². The lowest BCUT2D eigenvalue weighted by molar-refractivity contribution is -0.149. The lowest BCUT2D eigenvalue weighted by atomic mass is 9.43. The fraction of sp³-hybridized carbons (Fsp3) is 0.933. The molecule has 10 atom stereocenters. The summed E-state index contributed by atoms with van der Waals surface area (Å²) < 4.78 is 0. The van der Waals surface area contributed by atoms with Crippen LogP contribution in [0, 0.1) is 64.1 Å². The minimum Gasteiger partial charge on any atom is -0.393 e. The van der Waals surface area contributed by atoms with Crippen molar-refractivity contribution in [2.45, 2.75) is 113 Å². The molecular weight excluding hydrogens is 376 g/mol. The molecule has 1 heteroatoms. The fourth-order valence-corrected chi connectivity index (χ4v) is 10.3. The van der Waals surface area contributed by atoms with Crippen molar-refractivity contribution in [2.75, 3.05) is 0 Å². The maximum atomic E-state index is 10.6. The second-order valence-electron chi connectivity index (χ2n) is 13.7. The number of fused-ring (bicyclic) bond motifs is 5. The Labute approximate surface area is 193 Å². The molecule has 0 saturated heterocycles. The molecule has 4 rings (SSSR count). The standard InChI is InChI=1S/C30H52O/c1-18(2)17-20(5)28(19(3)4)26-12-11-24-22-9-10-23-21(6)27(31)14-16-29(23,7)25(22)13-15-30(24,26)8/h17-19,21-28,31H,9-16H2,1-8H3/b20-17+/t21-,22?,23-,24?,25?,26?,27?,28?,29?,30?/m0/s1. The molecule has 0 bridgehead atoms. The smallest absolute Gasteiger partial charge is 0.0568 e. The van der Waals surface area contributed by atoms with Gasteiger partial charge in [0, 0.05) is 0 Å². The number of allylic oxidation sites excluding steroid dienone is 2. The SMILES string of the molecule is C/C(=C\C(C)C)C(C(C)C)C1CCC2C3CC[C@H]4[C@H](C)C(O)CCC4(C)C3CCC21C. The fourth-order valence-electron chi connectivity index (χ4n) is 10.3. The summed E-state index contributed by atoms with van der Waals surface area (Å²) in [6, 6.07) is 0. The van der Waals surface area contributed by atoms with Gasteiger partial charge >= 0.3 is 0 Å². The summed E-state index contributed by atoms with van der Waals surface area (Å²) in [6.45, 7) is 19.8. The lowest BCUT2D eigenvalue weighted by Crippen LogP contribution is -2.56. The second-order valence-corrected chi connectivity index (χ2v) is 13.7. The molecule has 0 heterocycles. The molecule has 1 N–H and O–H groups in total. The molecular formula is C30H52O. The van der Waals surface area contributed by atoms with Gasteiger partial charge in [-0.25, -0.2) is 0 Å². The van der Waals surface area contributed by atoms with E-state index in [1.54, 1.807) is 5.57 Å². The van der Waals surface area contributed by atoms with Crippen molar-refractivity contribution in [1.82, 2.24) is 0 Å². The van der Waals surface area contributed by atoms with Gasteiger partial charge in [0.2, 0.25) is 0 Å². The van der Waals surface area contributed by atoms with E-state index >= 15 is 0 Å². The predicted molar refractivity (Wildman–Crippen MR) is 133 cm³/mol.